The second-order valence-electron chi connectivity index (χ2n) is 7.87. The minimum absolute atomic E-state index is 0.0252. The molecule has 0 bridgehead atoms. The molecule has 2 aromatic heterocycles. The summed E-state index contributed by atoms with van der Waals surface area (Å²) in [6.07, 6.45) is 2.45. The van der Waals surface area contributed by atoms with Crippen molar-refractivity contribution in [2.75, 3.05) is 19.6 Å². The van der Waals surface area contributed by atoms with Gasteiger partial charge in [0.25, 0.3) is 5.56 Å². The van der Waals surface area contributed by atoms with Crippen LogP contribution in [-0.2, 0) is 25.4 Å². The first-order valence-electron chi connectivity index (χ1n) is 11.1. The maximum Gasteiger partial charge on any atom is 0.332 e. The summed E-state index contributed by atoms with van der Waals surface area (Å²) in [5, 5.41) is 3.07. The zero-order valence-corrected chi connectivity index (χ0v) is 19.2. The largest absolute Gasteiger partial charge is 0.354 e. The molecule has 0 saturated heterocycles. The Morgan fingerprint density at radius 1 is 1.09 bits per heavy atom. The molecule has 0 saturated carbocycles. The van der Waals surface area contributed by atoms with Crippen molar-refractivity contribution in [1.29, 1.82) is 0 Å². The summed E-state index contributed by atoms with van der Waals surface area (Å²) in [4.78, 5) is 43.6. The number of imidazole rings is 1. The standard InChI is InChI=1S/C23H32N6O3/c1-5-28(6-2)18(17-11-8-7-9-12-17)15-24-19(30)13-10-14-29-16-25-21-20(29)22(31)27(4)23(32)26(21)3/h7-9,11-12,16,18H,5-6,10,13-15H2,1-4H3,(H,24,30). The third-order valence-corrected chi connectivity index (χ3v) is 5.95. The van der Waals surface area contributed by atoms with Crippen LogP contribution < -0.4 is 16.6 Å². The quantitative estimate of drug-likeness (QED) is 0.515. The van der Waals surface area contributed by atoms with Crippen LogP contribution >= 0.6 is 0 Å². The molecule has 9 heteroatoms. The van der Waals surface area contributed by atoms with Crippen LogP contribution in [0.4, 0.5) is 0 Å². The van der Waals surface area contributed by atoms with Gasteiger partial charge in [0.05, 0.1) is 12.4 Å². The van der Waals surface area contributed by atoms with Gasteiger partial charge in [0, 0.05) is 33.6 Å². The van der Waals surface area contributed by atoms with Gasteiger partial charge in [0.2, 0.25) is 5.91 Å². The minimum atomic E-state index is -0.409. The Morgan fingerprint density at radius 2 is 1.78 bits per heavy atom. The predicted octanol–water partition coefficient (Wildman–Crippen LogP) is 1.41. The van der Waals surface area contributed by atoms with Gasteiger partial charge >= 0.3 is 5.69 Å². The fraction of sp³-hybridized carbons (Fsp3) is 0.478. The number of rotatable bonds is 10. The van der Waals surface area contributed by atoms with Gasteiger partial charge in [-0.25, -0.2) is 9.78 Å². The molecule has 32 heavy (non-hydrogen) atoms. The molecule has 1 aromatic carbocycles. The van der Waals surface area contributed by atoms with Crippen molar-refractivity contribution < 1.29 is 4.79 Å². The molecule has 1 amide bonds. The predicted molar refractivity (Wildman–Crippen MR) is 125 cm³/mol. The molecule has 3 aromatic rings. The number of likely N-dealkylation sites (N-methyl/N-ethyl adjacent to an activating group) is 1. The average molecular weight is 441 g/mol. The van der Waals surface area contributed by atoms with E-state index in [2.05, 4.69) is 41.2 Å². The Labute approximate surface area is 187 Å². The van der Waals surface area contributed by atoms with Crippen molar-refractivity contribution in [2.45, 2.75) is 39.3 Å². The van der Waals surface area contributed by atoms with E-state index < -0.39 is 5.69 Å². The molecular weight excluding hydrogens is 408 g/mol. The Hall–Kier alpha value is -3.20. The fourth-order valence-electron chi connectivity index (χ4n) is 4.07. The van der Waals surface area contributed by atoms with Gasteiger partial charge in [-0.2, -0.15) is 0 Å². The highest BCUT2D eigenvalue weighted by atomic mass is 16.2. The molecule has 0 spiro atoms. The number of hydrogen-bond acceptors (Lipinski definition) is 5. The highest BCUT2D eigenvalue weighted by Gasteiger charge is 2.19. The zero-order valence-electron chi connectivity index (χ0n) is 19.2. The number of aryl methyl sites for hydroxylation is 2. The molecule has 3 rings (SSSR count). The maximum atomic E-state index is 12.5. The van der Waals surface area contributed by atoms with E-state index >= 15 is 0 Å². The van der Waals surface area contributed by atoms with E-state index in [0.29, 0.717) is 37.1 Å². The van der Waals surface area contributed by atoms with Gasteiger partial charge in [0.1, 0.15) is 0 Å². The van der Waals surface area contributed by atoms with Crippen LogP contribution in [0.2, 0.25) is 0 Å². The molecular formula is C23H32N6O3. The van der Waals surface area contributed by atoms with Gasteiger partial charge in [-0.1, -0.05) is 44.2 Å². The molecule has 9 nitrogen and oxygen atoms in total. The van der Waals surface area contributed by atoms with E-state index in [9.17, 15) is 14.4 Å². The Morgan fingerprint density at radius 3 is 2.44 bits per heavy atom. The molecule has 0 radical (unpaired) electrons. The zero-order chi connectivity index (χ0) is 23.3. The molecule has 1 atom stereocenters. The number of nitrogens with one attached hydrogen (secondary N) is 1. The Balaban J connectivity index is 1.62. The van der Waals surface area contributed by atoms with Crippen molar-refractivity contribution in [1.82, 2.24) is 28.9 Å². The minimum Gasteiger partial charge on any atom is -0.354 e. The summed E-state index contributed by atoms with van der Waals surface area (Å²) in [6, 6.07) is 10.3. The SMILES string of the molecule is CCN(CC)C(CNC(=O)CCCn1cnc2c1c(=O)n(C)c(=O)n2C)c1ccccc1. The monoisotopic (exact) mass is 440 g/mol. The normalized spacial score (nSPS) is 12.4. The molecule has 0 aliphatic rings. The second kappa shape index (κ2) is 10.4. The van der Waals surface area contributed by atoms with Gasteiger partial charge < -0.3 is 9.88 Å². The summed E-state index contributed by atoms with van der Waals surface area (Å²) >= 11 is 0. The second-order valence-corrected chi connectivity index (χ2v) is 7.87. The lowest BCUT2D eigenvalue weighted by molar-refractivity contribution is -0.121. The molecule has 0 fully saturated rings. The average Bonchev–Trinajstić information content (AvgIpc) is 3.23. The smallest absolute Gasteiger partial charge is 0.332 e. The number of benzene rings is 1. The van der Waals surface area contributed by atoms with Crippen molar-refractivity contribution >= 4 is 17.1 Å². The number of carbonyl (C=O) groups is 1. The maximum absolute atomic E-state index is 12.5. The van der Waals surface area contributed by atoms with Crippen molar-refractivity contribution in [2.24, 2.45) is 14.1 Å². The van der Waals surface area contributed by atoms with E-state index in [1.54, 1.807) is 17.9 Å². The van der Waals surface area contributed by atoms with Gasteiger partial charge in [0.15, 0.2) is 11.2 Å². The number of nitrogens with zero attached hydrogens (tertiary/aromatic N) is 5. The van der Waals surface area contributed by atoms with Crippen LogP contribution in [0.5, 0.6) is 0 Å². The summed E-state index contributed by atoms with van der Waals surface area (Å²) in [5.74, 6) is -0.0252. The molecule has 172 valence electrons. The van der Waals surface area contributed by atoms with Crippen LogP contribution in [0.3, 0.4) is 0 Å². The van der Waals surface area contributed by atoms with E-state index in [0.717, 1.165) is 17.7 Å². The van der Waals surface area contributed by atoms with Gasteiger partial charge in [-0.05, 0) is 25.1 Å². The third-order valence-electron chi connectivity index (χ3n) is 5.95. The molecule has 0 aliphatic heterocycles. The van der Waals surface area contributed by atoms with E-state index in [4.69, 9.17) is 0 Å². The van der Waals surface area contributed by atoms with E-state index in [-0.39, 0.29) is 17.5 Å². The number of amides is 1. The first-order chi connectivity index (χ1) is 15.4. The van der Waals surface area contributed by atoms with E-state index in [1.165, 1.54) is 17.2 Å². The lowest BCUT2D eigenvalue weighted by Crippen LogP contribution is -2.38. The van der Waals surface area contributed by atoms with Crippen LogP contribution in [0.25, 0.3) is 11.2 Å². The highest BCUT2D eigenvalue weighted by molar-refractivity contribution is 5.76. The summed E-state index contributed by atoms with van der Waals surface area (Å²) in [7, 11) is 3.04. The van der Waals surface area contributed by atoms with Crippen LogP contribution in [0.15, 0.2) is 46.2 Å². The Bertz CT molecular complexity index is 1170. The topological polar surface area (TPSA) is 94.2 Å². The van der Waals surface area contributed by atoms with Crippen LogP contribution in [0, 0.1) is 0 Å². The molecule has 1 unspecified atom stereocenters. The first kappa shape index (κ1) is 23.5. The van der Waals surface area contributed by atoms with Crippen molar-refractivity contribution in [3.05, 3.63) is 63.1 Å². The first-order valence-corrected chi connectivity index (χ1v) is 11.1. The van der Waals surface area contributed by atoms with E-state index in [1.807, 2.05) is 18.2 Å². The number of hydrogen-bond donors (Lipinski definition) is 1. The Kier molecular flexibility index (Phi) is 7.63. The summed E-state index contributed by atoms with van der Waals surface area (Å²) in [5.41, 5.74) is 1.12. The molecule has 2 heterocycles. The van der Waals surface area contributed by atoms with Crippen molar-refractivity contribution in [3.8, 4) is 0 Å². The molecule has 1 N–H and O–H groups in total. The summed E-state index contributed by atoms with van der Waals surface area (Å²) < 4.78 is 4.15. The lowest BCUT2D eigenvalue weighted by atomic mass is 10.0. The van der Waals surface area contributed by atoms with Gasteiger partial charge in [-0.15, -0.1) is 0 Å². The summed E-state index contributed by atoms with van der Waals surface area (Å²) in [6.45, 7) is 7.05. The van der Waals surface area contributed by atoms with Crippen LogP contribution in [-0.4, -0.2) is 49.1 Å². The van der Waals surface area contributed by atoms with Gasteiger partial charge in [-0.3, -0.25) is 23.6 Å². The number of fused-ring (bicyclic) bond motifs is 1. The third kappa shape index (κ3) is 4.83. The lowest BCUT2D eigenvalue weighted by Gasteiger charge is -2.30. The number of carbonyl (C=O) groups excluding carboxylic acids is 1. The number of aromatic nitrogens is 4. The van der Waals surface area contributed by atoms with Crippen LogP contribution in [0.1, 0.15) is 38.3 Å². The fourth-order valence-corrected chi connectivity index (χ4v) is 4.07. The van der Waals surface area contributed by atoms with Crippen molar-refractivity contribution in [3.63, 3.8) is 0 Å². The molecule has 0 aliphatic carbocycles. The highest BCUT2D eigenvalue weighted by Crippen LogP contribution is 2.19.